The molecule has 4 nitrogen and oxygen atoms in total. The summed E-state index contributed by atoms with van der Waals surface area (Å²) in [7, 11) is 0. The molecule has 0 amide bonds. The quantitative estimate of drug-likeness (QED) is 0.719. The van der Waals surface area contributed by atoms with Crippen LogP contribution in [0.2, 0.25) is 0 Å². The van der Waals surface area contributed by atoms with Crippen molar-refractivity contribution in [1.29, 1.82) is 0 Å². The van der Waals surface area contributed by atoms with E-state index in [1.807, 2.05) is 0 Å². The van der Waals surface area contributed by atoms with Crippen molar-refractivity contribution in [2.75, 3.05) is 6.54 Å². The summed E-state index contributed by atoms with van der Waals surface area (Å²) >= 11 is 0. The number of rotatable bonds is 3. The maximum atomic E-state index is 10.7. The summed E-state index contributed by atoms with van der Waals surface area (Å²) in [5, 5.41) is 19.9. The normalized spacial score (nSPS) is 50.8. The van der Waals surface area contributed by atoms with Crippen LogP contribution in [0.1, 0.15) is 39.9 Å². The molecular formula is C12H19NO3. The molecule has 0 saturated heterocycles. The Hall–Kier alpha value is -0.610. The van der Waals surface area contributed by atoms with E-state index in [0.29, 0.717) is 17.8 Å². The van der Waals surface area contributed by atoms with Gasteiger partial charge in [-0.2, -0.15) is 5.06 Å². The summed E-state index contributed by atoms with van der Waals surface area (Å²) in [4.78, 5) is 10.7. The van der Waals surface area contributed by atoms with Gasteiger partial charge in [-0.05, 0) is 56.3 Å². The van der Waals surface area contributed by atoms with Gasteiger partial charge in [0.05, 0.1) is 0 Å². The van der Waals surface area contributed by atoms with Crippen molar-refractivity contribution >= 4 is 5.97 Å². The van der Waals surface area contributed by atoms with Gasteiger partial charge in [0.1, 0.15) is 6.54 Å². The van der Waals surface area contributed by atoms with Gasteiger partial charge >= 0.3 is 5.97 Å². The van der Waals surface area contributed by atoms with E-state index in [4.69, 9.17) is 6.48 Å². The van der Waals surface area contributed by atoms with Gasteiger partial charge in [0.15, 0.2) is 0 Å². The molecule has 0 heterocycles. The van der Waals surface area contributed by atoms with Crippen LogP contribution in [0.15, 0.2) is 0 Å². The summed E-state index contributed by atoms with van der Waals surface area (Å²) in [5.41, 5.74) is -0.576. The summed E-state index contributed by atoms with van der Waals surface area (Å²) in [6.07, 6.45) is 4.71. The minimum Gasteiger partial charge on any atom is -0.480 e. The Morgan fingerprint density at radius 3 is 2.44 bits per heavy atom. The Morgan fingerprint density at radius 1 is 1.31 bits per heavy atom. The van der Waals surface area contributed by atoms with Gasteiger partial charge < -0.3 is 10.3 Å². The zero-order chi connectivity index (χ0) is 12.2. The molecule has 4 fully saturated rings. The smallest absolute Gasteiger partial charge is 0.320 e. The second kappa shape index (κ2) is 3.44. The number of carboxylic acid groups (broad SMARTS) is 1. The molecule has 2 N–H and O–H groups in total. The van der Waals surface area contributed by atoms with E-state index in [1.54, 1.807) is 0 Å². The van der Waals surface area contributed by atoms with Crippen LogP contribution in [0, 0.1) is 17.8 Å². The molecule has 3 unspecified atom stereocenters. The average Bonchev–Trinajstić information content (AvgIpc) is 2.23. The number of hydroxylamine groups is 2. The lowest BCUT2D eigenvalue weighted by atomic mass is 9.53. The third-order valence-electron chi connectivity index (χ3n) is 4.57. The highest BCUT2D eigenvalue weighted by molar-refractivity contribution is 5.69. The first kappa shape index (κ1) is 9.42. The van der Waals surface area contributed by atoms with Crippen molar-refractivity contribution in [3.05, 3.63) is 0 Å². The molecule has 90 valence electrons. The van der Waals surface area contributed by atoms with Gasteiger partial charge in [0.25, 0.3) is 0 Å². The number of hydrogen-bond acceptors (Lipinski definition) is 3. The molecule has 4 aliphatic carbocycles. The molecule has 0 aromatic rings. The highest BCUT2D eigenvalue weighted by Crippen LogP contribution is 2.57. The molecule has 0 aliphatic heterocycles. The number of carbonyl (C=O) groups is 1. The average molecular weight is 226 g/mol. The molecule has 4 aliphatic rings. The summed E-state index contributed by atoms with van der Waals surface area (Å²) in [6.45, 7) is -0.360. The number of nitrogens with zero attached hydrogens (tertiary/aromatic N) is 1. The van der Waals surface area contributed by atoms with Crippen molar-refractivity contribution in [1.82, 2.24) is 5.06 Å². The standard InChI is InChI=1S/C12H19NO3/c14-11(15)7-13(16)12-4-8-1-9(5-12)3-10(2-8)6-12/h8-10,16H,1-7H2,(H,14,15)/i4D. The molecule has 0 aromatic heterocycles. The first-order chi connectivity index (χ1) is 8.01. The van der Waals surface area contributed by atoms with Gasteiger partial charge in [0, 0.05) is 6.91 Å². The third-order valence-corrected chi connectivity index (χ3v) is 4.57. The number of hydrogen-bond donors (Lipinski definition) is 2. The van der Waals surface area contributed by atoms with Gasteiger partial charge in [0.2, 0.25) is 0 Å². The highest BCUT2D eigenvalue weighted by Gasteiger charge is 2.53. The van der Waals surface area contributed by atoms with Crippen molar-refractivity contribution in [2.24, 2.45) is 17.8 Å². The molecule has 3 atom stereocenters. The molecular weight excluding hydrogens is 206 g/mol. The van der Waals surface area contributed by atoms with Crippen molar-refractivity contribution in [2.45, 2.75) is 44.0 Å². The van der Waals surface area contributed by atoms with Crippen molar-refractivity contribution in [3.8, 4) is 0 Å². The van der Waals surface area contributed by atoms with E-state index >= 15 is 0 Å². The van der Waals surface area contributed by atoms with Crippen LogP contribution in [0.5, 0.6) is 0 Å². The van der Waals surface area contributed by atoms with Gasteiger partial charge in [-0.3, -0.25) is 4.79 Å². The Labute approximate surface area is 96.6 Å². The first-order valence-electron chi connectivity index (χ1n) is 6.69. The SMILES string of the molecule is [2H]C1C2CC3CC(C2)CC1(N(O)CC(=O)O)C3. The van der Waals surface area contributed by atoms with Gasteiger partial charge in [-0.15, -0.1) is 0 Å². The molecule has 0 radical (unpaired) electrons. The van der Waals surface area contributed by atoms with Crippen LogP contribution < -0.4 is 0 Å². The van der Waals surface area contributed by atoms with Crippen LogP contribution in [0.3, 0.4) is 0 Å². The molecule has 0 spiro atoms. The van der Waals surface area contributed by atoms with E-state index in [2.05, 4.69) is 0 Å². The second-order valence-corrected chi connectivity index (χ2v) is 5.83. The highest BCUT2D eigenvalue weighted by atomic mass is 16.5. The molecule has 4 rings (SSSR count). The van der Waals surface area contributed by atoms with Crippen LogP contribution >= 0.6 is 0 Å². The van der Waals surface area contributed by atoms with Crippen molar-refractivity contribution < 1.29 is 16.5 Å². The van der Waals surface area contributed by atoms with Crippen LogP contribution in [0.4, 0.5) is 0 Å². The monoisotopic (exact) mass is 226 g/mol. The second-order valence-electron chi connectivity index (χ2n) is 5.83. The van der Waals surface area contributed by atoms with E-state index in [9.17, 15) is 10.0 Å². The van der Waals surface area contributed by atoms with E-state index in [1.165, 1.54) is 6.42 Å². The lowest BCUT2D eigenvalue weighted by Crippen LogP contribution is -2.59. The minimum absolute atomic E-state index is 0.320. The van der Waals surface area contributed by atoms with E-state index < -0.39 is 11.5 Å². The maximum Gasteiger partial charge on any atom is 0.320 e. The number of aliphatic carboxylic acids is 1. The summed E-state index contributed by atoms with van der Waals surface area (Å²) < 4.78 is 8.33. The van der Waals surface area contributed by atoms with Gasteiger partial charge in [-0.25, -0.2) is 0 Å². The van der Waals surface area contributed by atoms with Crippen LogP contribution in [-0.2, 0) is 4.79 Å². The first-order valence-corrected chi connectivity index (χ1v) is 6.12. The van der Waals surface area contributed by atoms with E-state index in [-0.39, 0.29) is 12.9 Å². The van der Waals surface area contributed by atoms with Crippen LogP contribution in [0.25, 0.3) is 0 Å². The Morgan fingerprint density at radius 2 is 1.88 bits per heavy atom. The predicted octanol–water partition coefficient (Wildman–Crippen LogP) is 1.73. The summed E-state index contributed by atoms with van der Waals surface area (Å²) in [5.74, 6) is 0.537. The zero-order valence-corrected chi connectivity index (χ0v) is 9.30. The Balaban J connectivity index is 1.87. The van der Waals surface area contributed by atoms with E-state index in [0.717, 1.165) is 30.7 Å². The predicted molar refractivity (Wildman–Crippen MR) is 57.0 cm³/mol. The molecule has 16 heavy (non-hydrogen) atoms. The molecule has 4 bridgehead atoms. The zero-order valence-electron chi connectivity index (χ0n) is 10.3. The Kier molecular flexibility index (Phi) is 2.03. The maximum absolute atomic E-state index is 10.7. The molecule has 4 saturated carbocycles. The number of carboxylic acids is 1. The van der Waals surface area contributed by atoms with Crippen LogP contribution in [-0.4, -0.2) is 33.4 Å². The largest absolute Gasteiger partial charge is 0.480 e. The Bertz CT molecular complexity index is 335. The fraction of sp³-hybridized carbons (Fsp3) is 0.917. The lowest BCUT2D eigenvalue weighted by Gasteiger charge is -2.58. The topological polar surface area (TPSA) is 60.8 Å². The van der Waals surface area contributed by atoms with Gasteiger partial charge in [-0.1, -0.05) is 0 Å². The molecule has 4 heteroatoms. The third kappa shape index (κ3) is 1.55. The fourth-order valence-corrected chi connectivity index (χ4v) is 4.33. The summed E-state index contributed by atoms with van der Waals surface area (Å²) in [6, 6.07) is 0. The minimum atomic E-state index is -1.02. The lowest BCUT2D eigenvalue weighted by molar-refractivity contribution is -0.229. The molecule has 0 aromatic carbocycles. The van der Waals surface area contributed by atoms with Crippen molar-refractivity contribution in [3.63, 3.8) is 0 Å². The fourth-order valence-electron chi connectivity index (χ4n) is 4.33.